The number of allylic oxidation sites excluding steroid dienone is 2. The highest BCUT2D eigenvalue weighted by Gasteiger charge is 2.04. The molecule has 0 atom stereocenters. The van der Waals surface area contributed by atoms with Gasteiger partial charge in [-0.05, 0) is 28.1 Å². The van der Waals surface area contributed by atoms with Crippen molar-refractivity contribution >= 4 is 27.7 Å². The number of aliphatic hydroxyl groups is 1. The van der Waals surface area contributed by atoms with Gasteiger partial charge in [-0.25, -0.2) is 4.79 Å². The van der Waals surface area contributed by atoms with Crippen LogP contribution in [0.5, 0.6) is 0 Å². The molecule has 0 saturated carbocycles. The summed E-state index contributed by atoms with van der Waals surface area (Å²) in [6, 6.07) is 0. The first-order valence-corrected chi connectivity index (χ1v) is 3.32. The summed E-state index contributed by atoms with van der Waals surface area (Å²) in [4.78, 5) is 20.2. The molecule has 0 radical (unpaired) electrons. The summed E-state index contributed by atoms with van der Waals surface area (Å²) in [5.41, 5.74) is 0. The Bertz CT molecular complexity index is 229. The molecule has 11 heavy (non-hydrogen) atoms. The Labute approximate surface area is 71.0 Å². The zero-order valence-corrected chi connectivity index (χ0v) is 6.91. The number of carbonyl (C=O) groups is 2. The van der Waals surface area contributed by atoms with Crippen LogP contribution in [0.1, 0.15) is 0 Å². The van der Waals surface area contributed by atoms with Gasteiger partial charge in [0.15, 0.2) is 0 Å². The van der Waals surface area contributed by atoms with Gasteiger partial charge in [0.25, 0.3) is 5.78 Å². The van der Waals surface area contributed by atoms with Crippen LogP contribution in [0.2, 0.25) is 0 Å². The number of aliphatic carboxylic acids is 1. The normalized spacial score (nSPS) is 11.9. The summed E-state index contributed by atoms with van der Waals surface area (Å²) in [7, 11) is 0. The molecule has 0 aliphatic rings. The Hall–Kier alpha value is -1.10. The SMILES string of the molecule is O=C(O)C(=O)/C=C/C(Br)=C\O. The molecule has 0 aliphatic heterocycles. The molecule has 2 N–H and O–H groups in total. The number of hydrogen-bond donors (Lipinski definition) is 2. The van der Waals surface area contributed by atoms with Crippen molar-refractivity contribution in [2.24, 2.45) is 0 Å². The fourth-order valence-corrected chi connectivity index (χ4v) is 0.402. The zero-order chi connectivity index (χ0) is 8.85. The molecule has 0 heterocycles. The Kier molecular flexibility index (Phi) is 4.21. The summed E-state index contributed by atoms with van der Waals surface area (Å²) >= 11 is 2.83. The second-order valence-electron chi connectivity index (χ2n) is 1.52. The van der Waals surface area contributed by atoms with Gasteiger partial charge in [0.1, 0.15) is 0 Å². The molecule has 0 fully saturated rings. The molecular formula is C6H5BrO4. The zero-order valence-electron chi connectivity index (χ0n) is 5.32. The van der Waals surface area contributed by atoms with E-state index in [0.29, 0.717) is 6.26 Å². The van der Waals surface area contributed by atoms with Gasteiger partial charge in [-0.3, -0.25) is 4.79 Å². The van der Waals surface area contributed by atoms with Crippen LogP contribution in [0.4, 0.5) is 0 Å². The van der Waals surface area contributed by atoms with Gasteiger partial charge in [-0.1, -0.05) is 0 Å². The quantitative estimate of drug-likeness (QED) is 0.322. The van der Waals surface area contributed by atoms with Crippen LogP contribution < -0.4 is 0 Å². The second kappa shape index (κ2) is 4.68. The van der Waals surface area contributed by atoms with Crippen molar-refractivity contribution in [2.45, 2.75) is 0 Å². The lowest BCUT2D eigenvalue weighted by atomic mass is 10.3. The third-order valence-electron chi connectivity index (χ3n) is 0.728. The lowest BCUT2D eigenvalue weighted by Gasteiger charge is -1.83. The van der Waals surface area contributed by atoms with E-state index in [1.165, 1.54) is 0 Å². The summed E-state index contributed by atoms with van der Waals surface area (Å²) in [5.74, 6) is -2.57. The second-order valence-corrected chi connectivity index (χ2v) is 2.43. The molecule has 0 spiro atoms. The molecule has 60 valence electrons. The van der Waals surface area contributed by atoms with E-state index < -0.39 is 11.8 Å². The van der Waals surface area contributed by atoms with E-state index in [4.69, 9.17) is 10.2 Å². The van der Waals surface area contributed by atoms with Crippen molar-refractivity contribution in [3.05, 3.63) is 22.9 Å². The molecule has 0 aromatic carbocycles. The lowest BCUT2D eigenvalue weighted by molar-refractivity contribution is -0.146. The molecule has 0 aromatic heterocycles. The number of carbonyl (C=O) groups excluding carboxylic acids is 1. The number of aliphatic hydroxyl groups excluding tert-OH is 1. The molecule has 0 amide bonds. The van der Waals surface area contributed by atoms with Gasteiger partial charge in [0.05, 0.1) is 10.7 Å². The number of carboxylic acids is 1. The minimum Gasteiger partial charge on any atom is -0.514 e. The van der Waals surface area contributed by atoms with Gasteiger partial charge >= 0.3 is 5.97 Å². The van der Waals surface area contributed by atoms with Crippen molar-refractivity contribution in [1.29, 1.82) is 0 Å². The fourth-order valence-electron chi connectivity index (χ4n) is 0.270. The summed E-state index contributed by atoms with van der Waals surface area (Å²) in [5, 5.41) is 16.3. The summed E-state index contributed by atoms with van der Waals surface area (Å²) in [6.07, 6.45) is 2.67. The molecule has 0 aliphatic carbocycles. The van der Waals surface area contributed by atoms with E-state index in [9.17, 15) is 9.59 Å². The summed E-state index contributed by atoms with van der Waals surface area (Å²) < 4.78 is 0.229. The number of halogens is 1. The van der Waals surface area contributed by atoms with E-state index >= 15 is 0 Å². The third kappa shape index (κ3) is 4.32. The van der Waals surface area contributed by atoms with Gasteiger partial charge in [0, 0.05) is 0 Å². The molecule has 0 saturated heterocycles. The van der Waals surface area contributed by atoms with Crippen molar-refractivity contribution in [3.8, 4) is 0 Å². The number of ketones is 1. The predicted molar refractivity (Wildman–Crippen MR) is 41.4 cm³/mol. The van der Waals surface area contributed by atoms with E-state index in [-0.39, 0.29) is 4.48 Å². The maximum absolute atomic E-state index is 10.3. The first-order chi connectivity index (χ1) is 5.07. The van der Waals surface area contributed by atoms with Crippen molar-refractivity contribution in [3.63, 3.8) is 0 Å². The molecular weight excluding hydrogens is 216 g/mol. The highest BCUT2D eigenvalue weighted by molar-refractivity contribution is 9.11. The average molecular weight is 221 g/mol. The van der Waals surface area contributed by atoms with Crippen LogP contribution in [0.15, 0.2) is 22.9 Å². The third-order valence-corrected chi connectivity index (χ3v) is 1.20. The van der Waals surface area contributed by atoms with Crippen LogP contribution in [0, 0.1) is 0 Å². The smallest absolute Gasteiger partial charge is 0.376 e. The lowest BCUT2D eigenvalue weighted by Crippen LogP contribution is -2.08. The van der Waals surface area contributed by atoms with Crippen molar-refractivity contribution < 1.29 is 19.8 Å². The standard InChI is InChI=1S/C6H5BrO4/c7-4(3-8)1-2-5(9)6(10)11/h1-3,8H,(H,10,11)/b2-1+,4-3+. The Morgan fingerprint density at radius 3 is 2.18 bits per heavy atom. The van der Waals surface area contributed by atoms with Gasteiger partial charge in [-0.2, -0.15) is 0 Å². The highest BCUT2D eigenvalue weighted by Crippen LogP contribution is 2.03. The predicted octanol–water partition coefficient (Wildman–Crippen LogP) is 0.991. The summed E-state index contributed by atoms with van der Waals surface area (Å²) in [6.45, 7) is 0. The molecule has 5 heteroatoms. The molecule has 0 rings (SSSR count). The maximum Gasteiger partial charge on any atom is 0.376 e. The number of rotatable bonds is 3. The van der Waals surface area contributed by atoms with Crippen LogP contribution in [-0.2, 0) is 9.59 Å². The van der Waals surface area contributed by atoms with Crippen LogP contribution >= 0.6 is 15.9 Å². The Balaban J connectivity index is 4.15. The average Bonchev–Trinajstić information content (AvgIpc) is 1.99. The monoisotopic (exact) mass is 220 g/mol. The molecule has 0 bridgehead atoms. The molecule has 4 nitrogen and oxygen atoms in total. The van der Waals surface area contributed by atoms with E-state index in [0.717, 1.165) is 12.2 Å². The largest absolute Gasteiger partial charge is 0.514 e. The fraction of sp³-hybridized carbons (Fsp3) is 0. The first kappa shape index (κ1) is 9.90. The minimum atomic E-state index is -1.53. The van der Waals surface area contributed by atoms with E-state index in [1.54, 1.807) is 0 Å². The van der Waals surface area contributed by atoms with Gasteiger partial charge < -0.3 is 10.2 Å². The van der Waals surface area contributed by atoms with E-state index in [1.807, 2.05) is 0 Å². The molecule has 0 aromatic rings. The van der Waals surface area contributed by atoms with Gasteiger partial charge in [-0.15, -0.1) is 0 Å². The maximum atomic E-state index is 10.3. The number of carboxylic acid groups (broad SMARTS) is 1. The van der Waals surface area contributed by atoms with Crippen LogP contribution in [0.25, 0.3) is 0 Å². The molecule has 0 unspecified atom stereocenters. The Morgan fingerprint density at radius 2 is 1.82 bits per heavy atom. The van der Waals surface area contributed by atoms with Crippen LogP contribution in [-0.4, -0.2) is 22.0 Å². The number of hydrogen-bond acceptors (Lipinski definition) is 3. The Morgan fingerprint density at radius 1 is 1.27 bits per heavy atom. The minimum absolute atomic E-state index is 0.229. The van der Waals surface area contributed by atoms with Crippen molar-refractivity contribution in [1.82, 2.24) is 0 Å². The van der Waals surface area contributed by atoms with Crippen molar-refractivity contribution in [2.75, 3.05) is 0 Å². The highest BCUT2D eigenvalue weighted by atomic mass is 79.9. The van der Waals surface area contributed by atoms with Gasteiger partial charge in [0.2, 0.25) is 0 Å². The topological polar surface area (TPSA) is 74.6 Å². The first-order valence-electron chi connectivity index (χ1n) is 2.53. The van der Waals surface area contributed by atoms with Crippen LogP contribution in [0.3, 0.4) is 0 Å². The van der Waals surface area contributed by atoms with E-state index in [2.05, 4.69) is 15.9 Å².